The Kier molecular flexibility index (Phi) is 8.56. The average molecular weight is 500 g/mol. The van der Waals surface area contributed by atoms with Crippen LogP contribution in [0.3, 0.4) is 0 Å². The Morgan fingerprint density at radius 2 is 1.69 bits per heavy atom. The fraction of sp³-hybridized carbons (Fsp3) is 0.364. The molecule has 0 aliphatic rings. The van der Waals surface area contributed by atoms with Crippen LogP contribution in [0.5, 0.6) is 0 Å². The second-order valence-corrected chi connectivity index (χ2v) is 10.3. The maximum atomic E-state index is 13.4. The smallest absolute Gasteiger partial charge is 0.244 e. The van der Waals surface area contributed by atoms with Gasteiger partial charge in [-0.15, -0.1) is 0 Å². The van der Waals surface area contributed by atoms with E-state index in [0.29, 0.717) is 21.3 Å². The maximum absolute atomic E-state index is 13.4. The number of anilines is 1. The molecule has 0 aliphatic heterocycles. The SMILES string of the molecule is CNC(=O)[C@@H](C)N(Cc1ccc(Cl)cc1Cl)C(=O)CN(c1c(C)cccc1C)S(C)(=O)=O. The molecule has 10 heteroatoms. The van der Waals surface area contributed by atoms with E-state index < -0.39 is 28.5 Å². The molecule has 0 aliphatic carbocycles. The van der Waals surface area contributed by atoms with E-state index in [-0.39, 0.29) is 12.5 Å². The Labute approximate surface area is 199 Å². The van der Waals surface area contributed by atoms with Crippen LogP contribution in [0, 0.1) is 13.8 Å². The van der Waals surface area contributed by atoms with Crippen molar-refractivity contribution in [1.82, 2.24) is 10.2 Å². The van der Waals surface area contributed by atoms with Crippen LogP contribution in [0.1, 0.15) is 23.6 Å². The number of carbonyl (C=O) groups is 2. The van der Waals surface area contributed by atoms with Gasteiger partial charge in [-0.1, -0.05) is 47.5 Å². The molecule has 0 unspecified atom stereocenters. The zero-order valence-corrected chi connectivity index (χ0v) is 21.0. The van der Waals surface area contributed by atoms with Crippen LogP contribution in [0.2, 0.25) is 10.0 Å². The normalized spacial score (nSPS) is 12.2. The number of hydrogen-bond donors (Lipinski definition) is 1. The van der Waals surface area contributed by atoms with Crippen molar-refractivity contribution in [3.05, 3.63) is 63.1 Å². The van der Waals surface area contributed by atoms with Crippen molar-refractivity contribution in [3.63, 3.8) is 0 Å². The van der Waals surface area contributed by atoms with Crippen LogP contribution < -0.4 is 9.62 Å². The van der Waals surface area contributed by atoms with E-state index in [4.69, 9.17) is 23.2 Å². The molecule has 2 rings (SSSR count). The predicted molar refractivity (Wildman–Crippen MR) is 129 cm³/mol. The number of rotatable bonds is 8. The summed E-state index contributed by atoms with van der Waals surface area (Å²) in [6.07, 6.45) is 1.05. The minimum Gasteiger partial charge on any atom is -0.357 e. The summed E-state index contributed by atoms with van der Waals surface area (Å²) in [5.41, 5.74) is 2.46. The first kappa shape index (κ1) is 26.0. The van der Waals surface area contributed by atoms with Crippen LogP contribution in [0.25, 0.3) is 0 Å². The average Bonchev–Trinajstić information content (AvgIpc) is 2.70. The monoisotopic (exact) mass is 499 g/mol. The molecule has 32 heavy (non-hydrogen) atoms. The van der Waals surface area contributed by atoms with E-state index in [1.807, 2.05) is 6.07 Å². The molecule has 0 saturated heterocycles. The standard InChI is InChI=1S/C22H27Cl2N3O4S/c1-14-7-6-8-15(2)21(14)27(32(5,30)31)13-20(28)26(16(3)22(29)25-4)12-17-9-10-18(23)11-19(17)24/h6-11,16H,12-13H2,1-5H3,(H,25,29)/t16-/m1/s1. The van der Waals surface area contributed by atoms with E-state index in [0.717, 1.165) is 21.7 Å². The Morgan fingerprint density at radius 3 is 2.19 bits per heavy atom. The summed E-state index contributed by atoms with van der Waals surface area (Å²) < 4.78 is 26.4. The van der Waals surface area contributed by atoms with Crippen molar-refractivity contribution in [3.8, 4) is 0 Å². The molecular weight excluding hydrogens is 473 g/mol. The summed E-state index contributed by atoms with van der Waals surface area (Å²) in [7, 11) is -2.32. The lowest BCUT2D eigenvalue weighted by atomic mass is 10.1. The molecule has 0 bridgehead atoms. The van der Waals surface area contributed by atoms with Gasteiger partial charge in [0.1, 0.15) is 12.6 Å². The van der Waals surface area contributed by atoms with Crippen LogP contribution >= 0.6 is 23.2 Å². The van der Waals surface area contributed by atoms with Gasteiger partial charge < -0.3 is 10.2 Å². The van der Waals surface area contributed by atoms with Crippen molar-refractivity contribution in [2.75, 3.05) is 24.2 Å². The number of nitrogens with one attached hydrogen (secondary N) is 1. The van der Waals surface area contributed by atoms with Gasteiger partial charge in [0.2, 0.25) is 21.8 Å². The first-order chi connectivity index (χ1) is 14.9. The molecule has 1 atom stereocenters. The zero-order valence-electron chi connectivity index (χ0n) is 18.6. The van der Waals surface area contributed by atoms with Gasteiger partial charge in [-0.05, 0) is 49.6 Å². The molecule has 0 aromatic heterocycles. The number of sulfonamides is 1. The molecule has 0 fully saturated rings. The Hall–Kier alpha value is -2.29. The van der Waals surface area contributed by atoms with E-state index in [9.17, 15) is 18.0 Å². The lowest BCUT2D eigenvalue weighted by molar-refractivity contribution is -0.139. The molecule has 7 nitrogen and oxygen atoms in total. The number of amides is 2. The minimum absolute atomic E-state index is 0.00772. The summed E-state index contributed by atoms with van der Waals surface area (Å²) in [5, 5.41) is 3.31. The van der Waals surface area contributed by atoms with Gasteiger partial charge in [0.05, 0.1) is 11.9 Å². The first-order valence-corrected chi connectivity index (χ1v) is 12.5. The Morgan fingerprint density at radius 1 is 1.09 bits per heavy atom. The summed E-state index contributed by atoms with van der Waals surface area (Å²) in [5.74, 6) is -0.929. The summed E-state index contributed by atoms with van der Waals surface area (Å²) >= 11 is 12.2. The molecule has 2 aromatic carbocycles. The molecular formula is C22H27Cl2N3O4S. The highest BCUT2D eigenvalue weighted by atomic mass is 35.5. The third kappa shape index (κ3) is 6.15. The highest BCUT2D eigenvalue weighted by Gasteiger charge is 2.31. The molecule has 1 N–H and O–H groups in total. The van der Waals surface area contributed by atoms with Crippen molar-refractivity contribution < 1.29 is 18.0 Å². The molecule has 0 heterocycles. The van der Waals surface area contributed by atoms with Crippen molar-refractivity contribution in [2.45, 2.75) is 33.4 Å². The third-order valence-electron chi connectivity index (χ3n) is 5.14. The Bertz CT molecular complexity index is 1100. The topological polar surface area (TPSA) is 86.8 Å². The first-order valence-electron chi connectivity index (χ1n) is 9.85. The van der Waals surface area contributed by atoms with Crippen molar-refractivity contribution in [2.24, 2.45) is 0 Å². The number of benzene rings is 2. The number of halogens is 2. The third-order valence-corrected chi connectivity index (χ3v) is 6.84. The Balaban J connectivity index is 2.48. The fourth-order valence-corrected chi connectivity index (χ4v) is 4.83. The maximum Gasteiger partial charge on any atom is 0.244 e. The fourth-order valence-electron chi connectivity index (χ4n) is 3.40. The van der Waals surface area contributed by atoms with Gasteiger partial charge in [-0.2, -0.15) is 0 Å². The van der Waals surface area contributed by atoms with E-state index in [1.165, 1.54) is 11.9 Å². The van der Waals surface area contributed by atoms with Gasteiger partial charge >= 0.3 is 0 Å². The second-order valence-electron chi connectivity index (χ2n) is 7.56. The quantitative estimate of drug-likeness (QED) is 0.601. The van der Waals surface area contributed by atoms with Gasteiger partial charge in [-0.25, -0.2) is 8.42 Å². The van der Waals surface area contributed by atoms with Crippen molar-refractivity contribution >= 4 is 50.7 Å². The van der Waals surface area contributed by atoms with Gasteiger partial charge in [0.25, 0.3) is 0 Å². The van der Waals surface area contributed by atoms with E-state index in [1.54, 1.807) is 51.1 Å². The molecule has 0 spiro atoms. The molecule has 2 amide bonds. The van der Waals surface area contributed by atoms with Crippen LogP contribution in [-0.2, 0) is 26.2 Å². The molecule has 174 valence electrons. The number of nitrogens with zero attached hydrogens (tertiary/aromatic N) is 2. The lowest BCUT2D eigenvalue weighted by Gasteiger charge is -2.32. The van der Waals surface area contributed by atoms with Crippen LogP contribution in [-0.4, -0.2) is 51.0 Å². The predicted octanol–water partition coefficient (Wildman–Crippen LogP) is 3.54. The van der Waals surface area contributed by atoms with E-state index in [2.05, 4.69) is 5.32 Å². The zero-order chi connectivity index (χ0) is 24.2. The number of para-hydroxylation sites is 1. The van der Waals surface area contributed by atoms with E-state index >= 15 is 0 Å². The second kappa shape index (κ2) is 10.6. The van der Waals surface area contributed by atoms with Crippen LogP contribution in [0.15, 0.2) is 36.4 Å². The number of carbonyl (C=O) groups excluding carboxylic acids is 2. The molecule has 0 saturated carbocycles. The number of likely N-dealkylation sites (N-methyl/N-ethyl adjacent to an activating group) is 1. The summed E-state index contributed by atoms with van der Waals surface area (Å²) in [6.45, 7) is 4.68. The summed E-state index contributed by atoms with van der Waals surface area (Å²) in [6, 6.07) is 9.37. The van der Waals surface area contributed by atoms with Crippen LogP contribution in [0.4, 0.5) is 5.69 Å². The van der Waals surface area contributed by atoms with Crippen molar-refractivity contribution in [1.29, 1.82) is 0 Å². The molecule has 0 radical (unpaired) electrons. The number of aryl methyl sites for hydroxylation is 2. The molecule has 2 aromatic rings. The van der Waals surface area contributed by atoms with Gasteiger partial charge in [-0.3, -0.25) is 13.9 Å². The highest BCUT2D eigenvalue weighted by molar-refractivity contribution is 7.92. The largest absolute Gasteiger partial charge is 0.357 e. The highest BCUT2D eigenvalue weighted by Crippen LogP contribution is 2.28. The van der Waals surface area contributed by atoms with Gasteiger partial charge in [0, 0.05) is 23.6 Å². The number of hydrogen-bond acceptors (Lipinski definition) is 4. The lowest BCUT2D eigenvalue weighted by Crippen LogP contribution is -2.50. The summed E-state index contributed by atoms with van der Waals surface area (Å²) in [4.78, 5) is 27.1. The van der Waals surface area contributed by atoms with Gasteiger partial charge in [0.15, 0.2) is 0 Å². The minimum atomic E-state index is -3.79.